The van der Waals surface area contributed by atoms with Crippen LogP contribution >= 0.6 is 23.2 Å². The number of hydrogen-bond donors (Lipinski definition) is 3. The maximum atomic E-state index is 13.0. The maximum Gasteiger partial charge on any atom is 0.328 e. The Morgan fingerprint density at radius 3 is 2.54 bits per heavy atom. The summed E-state index contributed by atoms with van der Waals surface area (Å²) < 4.78 is 26.0. The van der Waals surface area contributed by atoms with E-state index < -0.39 is 12.4 Å². The highest BCUT2D eigenvalue weighted by atomic mass is 35.5. The lowest BCUT2D eigenvalue weighted by atomic mass is 10.0. The summed E-state index contributed by atoms with van der Waals surface area (Å²) in [7, 11) is 0. The first-order valence-electron chi connectivity index (χ1n) is 7.37. The Labute approximate surface area is 158 Å². The molecular formula is C18H14Cl2F2N2O2. The van der Waals surface area contributed by atoms with E-state index in [0.29, 0.717) is 15.6 Å². The molecule has 0 aliphatic carbocycles. The smallest absolute Gasteiger partial charge is 0.328 e. The van der Waals surface area contributed by atoms with Gasteiger partial charge in [-0.15, -0.1) is 0 Å². The molecule has 4 nitrogen and oxygen atoms in total. The largest absolute Gasteiger partial charge is 0.478 e. The normalized spacial score (nSPS) is 11.1. The predicted octanol–water partition coefficient (Wildman–Crippen LogP) is 5.55. The van der Waals surface area contributed by atoms with Gasteiger partial charge in [-0.25, -0.2) is 13.6 Å². The van der Waals surface area contributed by atoms with Crippen molar-refractivity contribution in [2.45, 2.75) is 13.0 Å². The number of aliphatic carboxylic acids is 1. The minimum atomic E-state index is -2.67. The van der Waals surface area contributed by atoms with Crippen molar-refractivity contribution in [3.05, 3.63) is 75.3 Å². The molecule has 0 saturated heterocycles. The van der Waals surface area contributed by atoms with Crippen LogP contribution in [0.5, 0.6) is 0 Å². The van der Waals surface area contributed by atoms with E-state index in [-0.39, 0.29) is 29.1 Å². The highest BCUT2D eigenvalue weighted by Crippen LogP contribution is 2.27. The average molecular weight is 399 g/mol. The van der Waals surface area contributed by atoms with Crippen molar-refractivity contribution < 1.29 is 18.7 Å². The van der Waals surface area contributed by atoms with Gasteiger partial charge in [0.1, 0.15) is 0 Å². The number of benzene rings is 2. The summed E-state index contributed by atoms with van der Waals surface area (Å²) in [4.78, 5) is 10.6. The van der Waals surface area contributed by atoms with E-state index in [1.54, 1.807) is 18.2 Å². The van der Waals surface area contributed by atoms with Crippen LogP contribution in [-0.4, -0.2) is 16.8 Å². The molecule has 0 fully saturated rings. The second-order valence-electron chi connectivity index (χ2n) is 5.28. The monoisotopic (exact) mass is 398 g/mol. The number of alkyl halides is 2. The van der Waals surface area contributed by atoms with E-state index in [1.807, 2.05) is 0 Å². The third-order valence-corrected chi connectivity index (χ3v) is 4.05. The van der Waals surface area contributed by atoms with Gasteiger partial charge in [0.2, 0.25) is 0 Å². The molecule has 0 aliphatic heterocycles. The number of carbonyl (C=O) groups is 1. The molecule has 0 spiro atoms. The molecule has 136 valence electrons. The summed E-state index contributed by atoms with van der Waals surface area (Å²) >= 11 is 11.9. The predicted molar refractivity (Wildman–Crippen MR) is 98.8 cm³/mol. The Kier molecular flexibility index (Phi) is 6.71. The first kappa shape index (κ1) is 19.9. The minimum absolute atomic E-state index is 0.127. The molecule has 0 unspecified atom stereocenters. The fourth-order valence-electron chi connectivity index (χ4n) is 2.18. The van der Waals surface area contributed by atoms with Crippen LogP contribution in [0.4, 0.5) is 14.5 Å². The van der Waals surface area contributed by atoms with Crippen LogP contribution in [0, 0.1) is 5.41 Å². The van der Waals surface area contributed by atoms with E-state index in [0.717, 1.165) is 12.2 Å². The second-order valence-corrected chi connectivity index (χ2v) is 6.12. The molecule has 0 saturated carbocycles. The lowest BCUT2D eigenvalue weighted by Gasteiger charge is -2.14. The molecule has 0 aliphatic rings. The SMILES string of the molecule is N=C(/C=C/C(=O)O)c1ccc(C(F)F)cc1NCc1ccc(Cl)cc1Cl. The molecule has 3 N–H and O–H groups in total. The van der Waals surface area contributed by atoms with Crippen LogP contribution in [0.25, 0.3) is 0 Å². The lowest BCUT2D eigenvalue weighted by Crippen LogP contribution is -2.07. The highest BCUT2D eigenvalue weighted by molar-refractivity contribution is 6.35. The molecule has 26 heavy (non-hydrogen) atoms. The number of anilines is 1. The van der Waals surface area contributed by atoms with Gasteiger partial charge in [-0.3, -0.25) is 0 Å². The van der Waals surface area contributed by atoms with E-state index in [9.17, 15) is 13.6 Å². The number of halogens is 4. The number of nitrogens with one attached hydrogen (secondary N) is 2. The second kappa shape index (κ2) is 8.78. The van der Waals surface area contributed by atoms with Crippen molar-refractivity contribution in [1.29, 1.82) is 5.41 Å². The molecule has 0 atom stereocenters. The summed E-state index contributed by atoms with van der Waals surface area (Å²) in [6.07, 6.45) is -0.781. The summed E-state index contributed by atoms with van der Waals surface area (Å²) in [5.74, 6) is -1.21. The first-order chi connectivity index (χ1) is 12.3. The molecule has 2 aromatic rings. The Morgan fingerprint density at radius 2 is 1.92 bits per heavy atom. The standard InChI is InChI=1S/C18H14Cl2F2N2O2/c19-12-3-1-11(14(20)8-12)9-24-16-7-10(18(21)22)2-4-13(16)15(23)5-6-17(25)26/h1-8,18,23-24H,9H2,(H,25,26)/b6-5+,23-15?. The Hall–Kier alpha value is -2.44. The van der Waals surface area contributed by atoms with E-state index in [1.165, 1.54) is 18.2 Å². The Bertz CT molecular complexity index is 870. The van der Waals surface area contributed by atoms with Crippen molar-refractivity contribution >= 4 is 40.6 Å². The minimum Gasteiger partial charge on any atom is -0.478 e. The van der Waals surface area contributed by atoms with Crippen molar-refractivity contribution in [1.82, 2.24) is 0 Å². The summed E-state index contributed by atoms with van der Waals surface area (Å²) in [6, 6.07) is 8.69. The molecule has 2 rings (SSSR count). The van der Waals surface area contributed by atoms with E-state index in [2.05, 4.69) is 5.32 Å². The Morgan fingerprint density at radius 1 is 1.19 bits per heavy atom. The van der Waals surface area contributed by atoms with Crippen LogP contribution in [0.2, 0.25) is 10.0 Å². The molecule has 0 bridgehead atoms. The molecule has 0 amide bonds. The van der Waals surface area contributed by atoms with E-state index in [4.69, 9.17) is 33.7 Å². The third-order valence-electron chi connectivity index (χ3n) is 3.46. The van der Waals surface area contributed by atoms with Crippen LogP contribution in [0.15, 0.2) is 48.6 Å². The third kappa shape index (κ3) is 5.28. The molecular weight excluding hydrogens is 385 g/mol. The molecule has 0 aromatic heterocycles. The van der Waals surface area contributed by atoms with Gasteiger partial charge in [-0.05, 0) is 29.8 Å². The van der Waals surface area contributed by atoms with Crippen molar-refractivity contribution in [2.75, 3.05) is 5.32 Å². The van der Waals surface area contributed by atoms with Gasteiger partial charge in [-0.1, -0.05) is 41.4 Å². The molecule has 8 heteroatoms. The van der Waals surface area contributed by atoms with Crippen LogP contribution in [0.3, 0.4) is 0 Å². The average Bonchev–Trinajstić information content (AvgIpc) is 2.58. The summed E-state index contributed by atoms with van der Waals surface area (Å²) in [5.41, 5.74) is 0.911. The summed E-state index contributed by atoms with van der Waals surface area (Å²) in [6.45, 7) is 0.214. The van der Waals surface area contributed by atoms with Gasteiger partial charge in [-0.2, -0.15) is 0 Å². The van der Waals surface area contributed by atoms with Gasteiger partial charge in [0.15, 0.2) is 0 Å². The van der Waals surface area contributed by atoms with Gasteiger partial charge in [0.25, 0.3) is 6.43 Å². The Balaban J connectivity index is 2.32. The number of carboxylic acids is 1. The highest BCUT2D eigenvalue weighted by Gasteiger charge is 2.13. The summed E-state index contributed by atoms with van der Waals surface area (Å²) in [5, 5.41) is 20.5. The van der Waals surface area contributed by atoms with Gasteiger partial charge in [0, 0.05) is 39.5 Å². The fourth-order valence-corrected chi connectivity index (χ4v) is 2.65. The molecule has 0 radical (unpaired) electrons. The number of hydrogen-bond acceptors (Lipinski definition) is 3. The van der Waals surface area contributed by atoms with Crippen LogP contribution in [-0.2, 0) is 11.3 Å². The van der Waals surface area contributed by atoms with E-state index >= 15 is 0 Å². The zero-order valence-electron chi connectivity index (χ0n) is 13.3. The number of rotatable bonds is 7. The van der Waals surface area contributed by atoms with Gasteiger partial charge < -0.3 is 15.8 Å². The molecule has 2 aromatic carbocycles. The van der Waals surface area contributed by atoms with Crippen molar-refractivity contribution in [3.63, 3.8) is 0 Å². The lowest BCUT2D eigenvalue weighted by molar-refractivity contribution is -0.131. The van der Waals surface area contributed by atoms with Crippen molar-refractivity contribution in [3.8, 4) is 0 Å². The quantitative estimate of drug-likeness (QED) is 0.422. The topological polar surface area (TPSA) is 73.2 Å². The first-order valence-corrected chi connectivity index (χ1v) is 8.13. The van der Waals surface area contributed by atoms with Crippen LogP contribution in [0.1, 0.15) is 23.1 Å². The zero-order chi connectivity index (χ0) is 19.3. The van der Waals surface area contributed by atoms with Crippen LogP contribution < -0.4 is 5.32 Å². The fraction of sp³-hybridized carbons (Fsp3) is 0.111. The van der Waals surface area contributed by atoms with Crippen molar-refractivity contribution in [2.24, 2.45) is 0 Å². The number of allylic oxidation sites excluding steroid dienone is 1. The zero-order valence-corrected chi connectivity index (χ0v) is 14.8. The molecule has 0 heterocycles. The number of carboxylic acid groups (broad SMARTS) is 1. The van der Waals surface area contributed by atoms with Gasteiger partial charge in [0.05, 0.1) is 5.71 Å². The maximum absolute atomic E-state index is 13.0. The van der Waals surface area contributed by atoms with Gasteiger partial charge >= 0.3 is 5.97 Å².